The van der Waals surface area contributed by atoms with E-state index in [-0.39, 0.29) is 5.41 Å². The first-order valence-electron chi connectivity index (χ1n) is 10.5. The summed E-state index contributed by atoms with van der Waals surface area (Å²) in [6.45, 7) is 5.06. The molecular formula is C22H28F3N5. The SMILES string of the molecule is CCNC(=NCC1(c2cccc(C(F)(F)F)c2)CC1)N1CCC(c2cnn(C)c2)C1. The Labute approximate surface area is 175 Å². The van der Waals surface area contributed by atoms with Crippen molar-refractivity contribution in [3.05, 3.63) is 53.3 Å². The zero-order chi connectivity index (χ0) is 21.4. The Morgan fingerprint density at radius 2 is 2.13 bits per heavy atom. The van der Waals surface area contributed by atoms with Gasteiger partial charge in [0.05, 0.1) is 18.3 Å². The minimum Gasteiger partial charge on any atom is -0.357 e. The molecule has 5 nitrogen and oxygen atoms in total. The Morgan fingerprint density at radius 1 is 1.33 bits per heavy atom. The third kappa shape index (κ3) is 4.32. The highest BCUT2D eigenvalue weighted by Gasteiger charge is 2.45. The molecule has 0 radical (unpaired) electrons. The van der Waals surface area contributed by atoms with Crippen molar-refractivity contribution in [3.8, 4) is 0 Å². The number of nitrogens with zero attached hydrogens (tertiary/aromatic N) is 4. The number of aryl methyl sites for hydroxylation is 1. The molecule has 162 valence electrons. The van der Waals surface area contributed by atoms with E-state index < -0.39 is 11.7 Å². The second-order valence-corrected chi connectivity index (χ2v) is 8.41. The molecule has 30 heavy (non-hydrogen) atoms. The summed E-state index contributed by atoms with van der Waals surface area (Å²) in [7, 11) is 1.92. The van der Waals surface area contributed by atoms with E-state index in [2.05, 4.69) is 21.5 Å². The molecule has 4 rings (SSSR count). The van der Waals surface area contributed by atoms with Gasteiger partial charge >= 0.3 is 6.18 Å². The van der Waals surface area contributed by atoms with Crippen molar-refractivity contribution in [2.75, 3.05) is 26.2 Å². The summed E-state index contributed by atoms with van der Waals surface area (Å²) in [4.78, 5) is 7.11. The van der Waals surface area contributed by atoms with Gasteiger partial charge in [-0.25, -0.2) is 0 Å². The van der Waals surface area contributed by atoms with Crippen molar-refractivity contribution in [1.82, 2.24) is 20.0 Å². The highest BCUT2D eigenvalue weighted by molar-refractivity contribution is 5.80. The average Bonchev–Trinajstić information content (AvgIpc) is 3.12. The van der Waals surface area contributed by atoms with Crippen LogP contribution in [0.5, 0.6) is 0 Å². The molecule has 0 bridgehead atoms. The first kappa shape index (κ1) is 20.8. The first-order chi connectivity index (χ1) is 14.3. The summed E-state index contributed by atoms with van der Waals surface area (Å²) in [5, 5.41) is 7.64. The summed E-state index contributed by atoms with van der Waals surface area (Å²) in [6.07, 6.45) is 2.44. The number of aromatic nitrogens is 2. The molecule has 2 aliphatic rings. The van der Waals surface area contributed by atoms with Crippen molar-refractivity contribution in [3.63, 3.8) is 0 Å². The number of hydrogen-bond acceptors (Lipinski definition) is 2. The topological polar surface area (TPSA) is 45.5 Å². The van der Waals surface area contributed by atoms with Crippen molar-refractivity contribution in [2.24, 2.45) is 12.0 Å². The minimum absolute atomic E-state index is 0.273. The molecule has 1 atom stereocenters. The Balaban J connectivity index is 1.48. The van der Waals surface area contributed by atoms with Crippen molar-refractivity contribution < 1.29 is 13.2 Å². The zero-order valence-electron chi connectivity index (χ0n) is 17.4. The maximum atomic E-state index is 13.1. The molecule has 1 saturated heterocycles. The molecular weight excluding hydrogens is 391 g/mol. The fraction of sp³-hybridized carbons (Fsp3) is 0.545. The molecule has 1 unspecified atom stereocenters. The van der Waals surface area contributed by atoms with Crippen LogP contribution >= 0.6 is 0 Å². The molecule has 0 spiro atoms. The lowest BCUT2D eigenvalue weighted by atomic mass is 9.94. The lowest BCUT2D eigenvalue weighted by molar-refractivity contribution is -0.137. The summed E-state index contributed by atoms with van der Waals surface area (Å²) < 4.78 is 41.2. The predicted octanol–water partition coefficient (Wildman–Crippen LogP) is 3.93. The maximum Gasteiger partial charge on any atom is 0.416 e. The van der Waals surface area contributed by atoms with Crippen LogP contribution in [0.1, 0.15) is 48.8 Å². The highest BCUT2D eigenvalue weighted by Crippen LogP contribution is 2.49. The summed E-state index contributed by atoms with van der Waals surface area (Å²) in [5.74, 6) is 1.27. The van der Waals surface area contributed by atoms with Crippen LogP contribution in [-0.4, -0.2) is 46.8 Å². The third-order valence-corrected chi connectivity index (χ3v) is 6.21. The highest BCUT2D eigenvalue weighted by atomic mass is 19.4. The van der Waals surface area contributed by atoms with E-state index in [4.69, 9.17) is 4.99 Å². The van der Waals surface area contributed by atoms with Gasteiger partial charge in [-0.05, 0) is 43.4 Å². The minimum atomic E-state index is -4.32. The first-order valence-corrected chi connectivity index (χ1v) is 10.5. The van der Waals surface area contributed by atoms with Crippen LogP contribution in [0.4, 0.5) is 13.2 Å². The molecule has 1 aromatic carbocycles. The number of aliphatic imine (C=N–C) groups is 1. The number of hydrogen-bond donors (Lipinski definition) is 1. The quantitative estimate of drug-likeness (QED) is 0.590. The predicted molar refractivity (Wildman–Crippen MR) is 110 cm³/mol. The average molecular weight is 419 g/mol. The zero-order valence-corrected chi connectivity index (χ0v) is 17.4. The molecule has 2 fully saturated rings. The molecule has 1 aliphatic carbocycles. The van der Waals surface area contributed by atoms with Crippen LogP contribution in [-0.2, 0) is 18.6 Å². The number of likely N-dealkylation sites (tertiary alicyclic amines) is 1. The molecule has 1 saturated carbocycles. The van der Waals surface area contributed by atoms with Gasteiger partial charge in [0.25, 0.3) is 0 Å². The molecule has 2 heterocycles. The molecule has 1 N–H and O–H groups in total. The van der Waals surface area contributed by atoms with Crippen LogP contribution in [0.25, 0.3) is 0 Å². The van der Waals surface area contributed by atoms with Crippen molar-refractivity contribution in [2.45, 2.75) is 43.7 Å². The van der Waals surface area contributed by atoms with Gasteiger partial charge in [0.2, 0.25) is 0 Å². The van der Waals surface area contributed by atoms with Gasteiger partial charge in [-0.3, -0.25) is 9.67 Å². The Kier molecular flexibility index (Phi) is 5.51. The number of nitrogens with one attached hydrogen (secondary N) is 1. The normalized spacial score (nSPS) is 21.2. The van der Waals surface area contributed by atoms with E-state index >= 15 is 0 Å². The molecule has 8 heteroatoms. The summed E-state index contributed by atoms with van der Waals surface area (Å²) >= 11 is 0. The smallest absolute Gasteiger partial charge is 0.357 e. The van der Waals surface area contributed by atoms with Crippen LogP contribution in [0.3, 0.4) is 0 Å². The fourth-order valence-electron chi connectivity index (χ4n) is 4.24. The summed E-state index contributed by atoms with van der Waals surface area (Å²) in [6, 6.07) is 5.74. The van der Waals surface area contributed by atoms with E-state index in [9.17, 15) is 13.2 Å². The van der Waals surface area contributed by atoms with Gasteiger partial charge in [-0.15, -0.1) is 0 Å². The number of alkyl halides is 3. The van der Waals surface area contributed by atoms with Crippen LogP contribution in [0.15, 0.2) is 41.7 Å². The molecule has 0 amide bonds. The van der Waals surface area contributed by atoms with Gasteiger partial charge in [0.1, 0.15) is 0 Å². The van der Waals surface area contributed by atoms with Crippen LogP contribution in [0, 0.1) is 0 Å². The van der Waals surface area contributed by atoms with E-state index in [0.717, 1.165) is 56.5 Å². The second kappa shape index (κ2) is 7.96. The van der Waals surface area contributed by atoms with E-state index in [1.54, 1.807) is 6.07 Å². The number of guanidine groups is 1. The maximum absolute atomic E-state index is 13.1. The Morgan fingerprint density at radius 3 is 2.77 bits per heavy atom. The van der Waals surface area contributed by atoms with Gasteiger partial charge in [-0.1, -0.05) is 18.2 Å². The Bertz CT molecular complexity index is 913. The number of halogens is 3. The van der Waals surface area contributed by atoms with Gasteiger partial charge < -0.3 is 10.2 Å². The van der Waals surface area contributed by atoms with Crippen molar-refractivity contribution in [1.29, 1.82) is 0 Å². The van der Waals surface area contributed by atoms with Crippen LogP contribution < -0.4 is 5.32 Å². The Hall–Kier alpha value is -2.51. The van der Waals surface area contributed by atoms with Crippen molar-refractivity contribution >= 4 is 5.96 Å². The van der Waals surface area contributed by atoms with E-state index in [1.165, 1.54) is 17.7 Å². The van der Waals surface area contributed by atoms with E-state index in [0.29, 0.717) is 12.5 Å². The molecule has 2 aromatic rings. The van der Waals surface area contributed by atoms with E-state index in [1.807, 2.05) is 24.9 Å². The largest absolute Gasteiger partial charge is 0.416 e. The standard InChI is InChI=1S/C22H28F3N5/c1-3-26-20(30-10-7-16(14-30)17-12-28-29(2)13-17)27-15-21(8-9-21)18-5-4-6-19(11-18)22(23,24)25/h4-6,11-13,16H,3,7-10,14-15H2,1-2H3,(H,26,27). The second-order valence-electron chi connectivity index (χ2n) is 8.41. The fourth-order valence-corrected chi connectivity index (χ4v) is 4.24. The lowest BCUT2D eigenvalue weighted by Crippen LogP contribution is -2.40. The van der Waals surface area contributed by atoms with Gasteiger partial charge in [-0.2, -0.15) is 18.3 Å². The van der Waals surface area contributed by atoms with Gasteiger partial charge in [0.15, 0.2) is 5.96 Å². The number of benzene rings is 1. The lowest BCUT2D eigenvalue weighted by Gasteiger charge is -2.23. The summed E-state index contributed by atoms with van der Waals surface area (Å²) in [5.41, 5.74) is 1.12. The number of rotatable bonds is 5. The monoisotopic (exact) mass is 419 g/mol. The third-order valence-electron chi connectivity index (χ3n) is 6.21. The molecule has 1 aliphatic heterocycles. The van der Waals surface area contributed by atoms with Gasteiger partial charge in [0, 0.05) is 44.2 Å². The van der Waals surface area contributed by atoms with Crippen LogP contribution in [0.2, 0.25) is 0 Å². The molecule has 1 aromatic heterocycles.